The van der Waals surface area contributed by atoms with Crippen molar-refractivity contribution in [1.29, 1.82) is 0 Å². The number of anilines is 1. The highest BCUT2D eigenvalue weighted by Crippen LogP contribution is 2.24. The van der Waals surface area contributed by atoms with E-state index in [9.17, 15) is 13.2 Å². The number of rotatable bonds is 7. The highest BCUT2D eigenvalue weighted by Gasteiger charge is 2.31. The summed E-state index contributed by atoms with van der Waals surface area (Å²) >= 11 is 0. The molecule has 0 amide bonds. The Morgan fingerprint density at radius 2 is 2.00 bits per heavy atom. The van der Waals surface area contributed by atoms with Gasteiger partial charge in [0.15, 0.2) is 0 Å². The minimum absolute atomic E-state index is 0.00413. The van der Waals surface area contributed by atoms with Crippen molar-refractivity contribution in [2.24, 2.45) is 7.05 Å². The Hall–Kier alpha value is -2.26. The molecular formula is C19H27N5O3S. The summed E-state index contributed by atoms with van der Waals surface area (Å²) in [5.41, 5.74) is 1.32. The zero-order valence-corrected chi connectivity index (χ0v) is 17.4. The predicted molar refractivity (Wildman–Crippen MR) is 110 cm³/mol. The third kappa shape index (κ3) is 4.41. The molecule has 2 aromatic rings. The van der Waals surface area contributed by atoms with E-state index in [1.807, 2.05) is 24.0 Å². The fourth-order valence-corrected chi connectivity index (χ4v) is 4.93. The molecule has 2 aromatic heterocycles. The molecule has 9 heteroatoms. The van der Waals surface area contributed by atoms with Gasteiger partial charge >= 0.3 is 0 Å². The van der Waals surface area contributed by atoms with Gasteiger partial charge in [-0.05, 0) is 38.3 Å². The largest absolute Gasteiger partial charge is 0.342 e. The summed E-state index contributed by atoms with van der Waals surface area (Å²) < 4.78 is 27.1. The van der Waals surface area contributed by atoms with Crippen LogP contribution in [0.15, 0.2) is 35.4 Å². The van der Waals surface area contributed by atoms with Crippen LogP contribution in [0, 0.1) is 0 Å². The number of hydrogen-bond acceptors (Lipinski definition) is 6. The lowest BCUT2D eigenvalue weighted by atomic mass is 10.1. The highest BCUT2D eigenvalue weighted by molar-refractivity contribution is 7.88. The van der Waals surface area contributed by atoms with E-state index in [0.29, 0.717) is 37.7 Å². The average molecular weight is 406 g/mol. The fraction of sp³-hybridized carbons (Fsp3) is 0.526. The molecule has 0 aromatic carbocycles. The maximum absolute atomic E-state index is 12.5. The van der Waals surface area contributed by atoms with Crippen LogP contribution in [0.1, 0.15) is 26.2 Å². The van der Waals surface area contributed by atoms with Crippen molar-refractivity contribution in [3.05, 3.63) is 40.9 Å². The van der Waals surface area contributed by atoms with Crippen LogP contribution in [0.3, 0.4) is 0 Å². The Morgan fingerprint density at radius 3 is 2.64 bits per heavy atom. The summed E-state index contributed by atoms with van der Waals surface area (Å²) in [4.78, 5) is 23.3. The third-order valence-electron chi connectivity index (χ3n) is 5.23. The monoisotopic (exact) mass is 405 g/mol. The Kier molecular flexibility index (Phi) is 6.14. The standard InChI is InChI=1S/C19H27N5O3S/c1-4-23(13-9-16-6-5-12-24(16)28(3,26)27)19-21-17(14-18(25)22(19)2)15-7-10-20-11-8-15/h7-8,10-11,14,16H,4-6,9,12-13H2,1-3H3/t16-/m1/s1. The second-order valence-corrected chi connectivity index (χ2v) is 9.05. The van der Waals surface area contributed by atoms with Crippen molar-refractivity contribution < 1.29 is 8.42 Å². The predicted octanol–water partition coefficient (Wildman–Crippen LogP) is 1.48. The minimum atomic E-state index is -3.19. The maximum Gasteiger partial charge on any atom is 0.255 e. The molecule has 1 aliphatic rings. The SMILES string of the molecule is CCN(CC[C@H]1CCCN1S(C)(=O)=O)c1nc(-c2ccncc2)cc(=O)n1C. The van der Waals surface area contributed by atoms with Crippen LogP contribution in [0.25, 0.3) is 11.3 Å². The van der Waals surface area contributed by atoms with Crippen LogP contribution < -0.4 is 10.5 Å². The van der Waals surface area contributed by atoms with E-state index in [-0.39, 0.29) is 11.6 Å². The first-order valence-electron chi connectivity index (χ1n) is 9.51. The van der Waals surface area contributed by atoms with E-state index in [4.69, 9.17) is 4.98 Å². The Balaban J connectivity index is 1.84. The van der Waals surface area contributed by atoms with Crippen molar-refractivity contribution in [2.45, 2.75) is 32.2 Å². The number of nitrogens with zero attached hydrogens (tertiary/aromatic N) is 5. The Labute approximate surface area is 165 Å². The van der Waals surface area contributed by atoms with E-state index in [2.05, 4.69) is 4.98 Å². The van der Waals surface area contributed by atoms with E-state index in [0.717, 1.165) is 18.4 Å². The molecule has 0 N–H and O–H groups in total. The first kappa shape index (κ1) is 20.5. The molecule has 1 fully saturated rings. The van der Waals surface area contributed by atoms with Gasteiger partial charge in [0, 0.05) is 56.7 Å². The number of hydrogen-bond donors (Lipinski definition) is 0. The van der Waals surface area contributed by atoms with Gasteiger partial charge in [0.25, 0.3) is 5.56 Å². The van der Waals surface area contributed by atoms with Crippen LogP contribution in [0.5, 0.6) is 0 Å². The van der Waals surface area contributed by atoms with Gasteiger partial charge in [-0.3, -0.25) is 14.3 Å². The summed E-state index contributed by atoms with van der Waals surface area (Å²) in [5, 5.41) is 0. The van der Waals surface area contributed by atoms with Crippen LogP contribution in [-0.2, 0) is 17.1 Å². The number of sulfonamides is 1. The van der Waals surface area contributed by atoms with Gasteiger partial charge in [0.1, 0.15) is 0 Å². The number of aromatic nitrogens is 3. The number of pyridine rings is 1. The molecule has 3 rings (SSSR count). The molecule has 1 saturated heterocycles. The lowest BCUT2D eigenvalue weighted by molar-refractivity contribution is 0.373. The fourth-order valence-electron chi connectivity index (χ4n) is 3.72. The molecule has 0 spiro atoms. The van der Waals surface area contributed by atoms with Crippen LogP contribution >= 0.6 is 0 Å². The maximum atomic E-state index is 12.5. The second kappa shape index (κ2) is 8.40. The molecule has 28 heavy (non-hydrogen) atoms. The highest BCUT2D eigenvalue weighted by atomic mass is 32.2. The molecule has 0 unspecified atom stereocenters. The van der Waals surface area contributed by atoms with E-state index >= 15 is 0 Å². The van der Waals surface area contributed by atoms with E-state index < -0.39 is 10.0 Å². The average Bonchev–Trinajstić information content (AvgIpc) is 3.15. The quantitative estimate of drug-likeness (QED) is 0.693. The molecule has 0 bridgehead atoms. The molecule has 1 aliphatic heterocycles. The third-order valence-corrected chi connectivity index (χ3v) is 6.57. The van der Waals surface area contributed by atoms with Gasteiger partial charge in [-0.25, -0.2) is 13.4 Å². The minimum Gasteiger partial charge on any atom is -0.342 e. The molecule has 3 heterocycles. The summed E-state index contributed by atoms with van der Waals surface area (Å²) in [6.07, 6.45) is 7.08. The zero-order chi connectivity index (χ0) is 20.3. The summed E-state index contributed by atoms with van der Waals surface area (Å²) in [7, 11) is -1.48. The normalized spacial score (nSPS) is 17.8. The topological polar surface area (TPSA) is 88.4 Å². The first-order valence-corrected chi connectivity index (χ1v) is 11.4. The van der Waals surface area contributed by atoms with Gasteiger partial charge < -0.3 is 4.90 Å². The van der Waals surface area contributed by atoms with Crippen molar-refractivity contribution in [1.82, 2.24) is 18.8 Å². The Bertz CT molecular complexity index is 975. The smallest absolute Gasteiger partial charge is 0.255 e. The van der Waals surface area contributed by atoms with E-state index in [1.54, 1.807) is 23.7 Å². The van der Waals surface area contributed by atoms with Crippen molar-refractivity contribution in [2.75, 3.05) is 30.8 Å². The zero-order valence-electron chi connectivity index (χ0n) is 16.6. The van der Waals surface area contributed by atoms with Gasteiger partial charge in [0.05, 0.1) is 11.9 Å². The summed E-state index contributed by atoms with van der Waals surface area (Å²) in [6.45, 7) is 3.90. The van der Waals surface area contributed by atoms with Gasteiger partial charge in [-0.1, -0.05) is 0 Å². The Morgan fingerprint density at radius 1 is 1.29 bits per heavy atom. The molecule has 0 saturated carbocycles. The second-order valence-electron chi connectivity index (χ2n) is 7.11. The van der Waals surface area contributed by atoms with E-state index in [1.165, 1.54) is 16.9 Å². The lowest BCUT2D eigenvalue weighted by Gasteiger charge is -2.28. The summed E-state index contributed by atoms with van der Waals surface area (Å²) in [6, 6.07) is 5.17. The molecule has 1 atom stereocenters. The van der Waals surface area contributed by atoms with Crippen molar-refractivity contribution in [3.8, 4) is 11.3 Å². The molecular weight excluding hydrogens is 378 g/mol. The van der Waals surface area contributed by atoms with Gasteiger partial charge in [-0.2, -0.15) is 4.31 Å². The van der Waals surface area contributed by atoms with Crippen molar-refractivity contribution >= 4 is 16.0 Å². The lowest BCUT2D eigenvalue weighted by Crippen LogP contribution is -2.39. The summed E-state index contributed by atoms with van der Waals surface area (Å²) in [5.74, 6) is 0.589. The van der Waals surface area contributed by atoms with Crippen LogP contribution in [0.4, 0.5) is 5.95 Å². The molecule has 8 nitrogen and oxygen atoms in total. The molecule has 0 aliphatic carbocycles. The van der Waals surface area contributed by atoms with Crippen LogP contribution in [-0.4, -0.2) is 59.2 Å². The van der Waals surface area contributed by atoms with Gasteiger partial charge in [-0.15, -0.1) is 0 Å². The molecule has 0 radical (unpaired) electrons. The van der Waals surface area contributed by atoms with Gasteiger partial charge in [0.2, 0.25) is 16.0 Å². The van der Waals surface area contributed by atoms with Crippen molar-refractivity contribution in [3.63, 3.8) is 0 Å². The first-order chi connectivity index (χ1) is 13.3. The molecule has 152 valence electrons. The van der Waals surface area contributed by atoms with Crippen LogP contribution in [0.2, 0.25) is 0 Å².